The van der Waals surface area contributed by atoms with Crippen molar-refractivity contribution in [3.05, 3.63) is 47.3 Å². The Labute approximate surface area is 375 Å². The molecule has 0 spiro atoms. The summed E-state index contributed by atoms with van der Waals surface area (Å²) in [6.07, 6.45) is 8.16. The van der Waals surface area contributed by atoms with Crippen LogP contribution in [0.25, 0.3) is 0 Å². The third-order valence-electron chi connectivity index (χ3n) is 14.4. The van der Waals surface area contributed by atoms with Crippen molar-refractivity contribution in [3.63, 3.8) is 0 Å². The molecule has 0 bridgehead atoms. The van der Waals surface area contributed by atoms with Crippen LogP contribution in [-0.4, -0.2) is 104 Å². The first kappa shape index (κ1) is 57.4. The molecular formula is C49H92O10Si2. The van der Waals surface area contributed by atoms with Crippen LogP contribution in [0.5, 0.6) is 0 Å². The van der Waals surface area contributed by atoms with E-state index in [-0.39, 0.29) is 59.6 Å². The molecule has 1 aliphatic rings. The fourth-order valence-electron chi connectivity index (χ4n) is 9.53. The average molecular weight is 897 g/mol. The molecule has 0 unspecified atom stereocenters. The topological polar surface area (TPSA) is 122 Å². The Hall–Kier alpha value is -1.62. The zero-order chi connectivity index (χ0) is 46.9. The molecule has 0 aromatic rings. The number of hydrogen-bond donors (Lipinski definition) is 2. The van der Waals surface area contributed by atoms with Crippen LogP contribution in [0.1, 0.15) is 117 Å². The first-order valence-electron chi connectivity index (χ1n) is 23.5. The molecule has 0 aromatic heterocycles. The zero-order valence-electron chi connectivity index (χ0n) is 42.1. The molecule has 1 saturated heterocycles. The summed E-state index contributed by atoms with van der Waals surface area (Å²) >= 11 is 0. The molecule has 0 amide bonds. The van der Waals surface area contributed by atoms with Crippen molar-refractivity contribution >= 4 is 22.6 Å². The highest BCUT2D eigenvalue weighted by Crippen LogP contribution is 2.47. The first-order chi connectivity index (χ1) is 28.6. The smallest absolute Gasteiger partial charge is 0.373 e. The lowest BCUT2D eigenvalue weighted by Gasteiger charge is -2.54. The summed E-state index contributed by atoms with van der Waals surface area (Å²) in [4.78, 5) is 11.9. The maximum atomic E-state index is 12.2. The van der Waals surface area contributed by atoms with Crippen LogP contribution in [0, 0.1) is 35.5 Å². The van der Waals surface area contributed by atoms with E-state index in [4.69, 9.17) is 32.5 Å². The zero-order valence-corrected chi connectivity index (χ0v) is 44.1. The van der Waals surface area contributed by atoms with Gasteiger partial charge in [0.1, 0.15) is 6.10 Å². The minimum Gasteiger partial charge on any atom is -0.490 e. The van der Waals surface area contributed by atoms with Crippen molar-refractivity contribution in [2.45, 2.75) is 195 Å². The highest BCUT2D eigenvalue weighted by Gasteiger charge is 2.55. The number of methoxy groups -OCH3 is 4. The average Bonchev–Trinajstić information content (AvgIpc) is 3.26. The van der Waals surface area contributed by atoms with E-state index in [1.165, 1.54) is 14.2 Å². The second-order valence-electron chi connectivity index (χ2n) is 18.5. The number of carbonyl (C=O) groups is 1. The molecule has 1 fully saturated rings. The van der Waals surface area contributed by atoms with Crippen molar-refractivity contribution in [2.75, 3.05) is 28.4 Å². The van der Waals surface area contributed by atoms with Gasteiger partial charge in [-0.1, -0.05) is 125 Å². The fourth-order valence-corrected chi connectivity index (χ4v) is 15.5. The van der Waals surface area contributed by atoms with E-state index in [0.29, 0.717) is 12.8 Å². The maximum absolute atomic E-state index is 12.2. The van der Waals surface area contributed by atoms with Gasteiger partial charge >= 0.3 is 5.97 Å². The van der Waals surface area contributed by atoms with Crippen molar-refractivity contribution in [3.8, 4) is 0 Å². The number of rotatable bonds is 28. The van der Waals surface area contributed by atoms with Gasteiger partial charge in [0, 0.05) is 44.3 Å². The molecule has 0 radical (unpaired) electrons. The molecule has 12 atom stereocenters. The van der Waals surface area contributed by atoms with E-state index in [2.05, 4.69) is 76.2 Å². The molecule has 0 aliphatic carbocycles. The summed E-state index contributed by atoms with van der Waals surface area (Å²) in [5.41, 5.74) is 1.88. The van der Waals surface area contributed by atoms with Gasteiger partial charge in [0.15, 0.2) is 22.4 Å². The molecule has 2 N–H and O–H groups in total. The summed E-state index contributed by atoms with van der Waals surface area (Å²) in [5.74, 6) is -1.74. The van der Waals surface area contributed by atoms with Gasteiger partial charge in [0.25, 0.3) is 0 Å². The van der Waals surface area contributed by atoms with Gasteiger partial charge in [-0.25, -0.2) is 4.79 Å². The van der Waals surface area contributed by atoms with Gasteiger partial charge < -0.3 is 42.7 Å². The molecule has 1 aliphatic heterocycles. The van der Waals surface area contributed by atoms with Crippen molar-refractivity contribution < 1.29 is 47.5 Å². The van der Waals surface area contributed by atoms with Crippen LogP contribution in [-0.2, 0) is 37.3 Å². The van der Waals surface area contributed by atoms with Crippen LogP contribution in [0.4, 0.5) is 0 Å². The number of aliphatic hydroxyl groups is 2. The van der Waals surface area contributed by atoms with Gasteiger partial charge in [-0.3, -0.25) is 0 Å². The summed E-state index contributed by atoms with van der Waals surface area (Å²) in [6.45, 7) is 32.5. The second-order valence-corrected chi connectivity index (χ2v) is 28.0. The highest BCUT2D eigenvalue weighted by molar-refractivity contribution is 6.74. The Morgan fingerprint density at radius 2 is 1.39 bits per heavy atom. The Morgan fingerprint density at radius 3 is 1.85 bits per heavy atom. The van der Waals surface area contributed by atoms with Crippen LogP contribution < -0.4 is 0 Å². The molecular weight excluding hydrogens is 805 g/mol. The quantitative estimate of drug-likeness (QED) is 0.0258. The Morgan fingerprint density at radius 1 is 0.836 bits per heavy atom. The van der Waals surface area contributed by atoms with Crippen LogP contribution >= 0.6 is 0 Å². The fraction of sp³-hybridized carbons (Fsp3) is 0.816. The minimum absolute atomic E-state index is 0.0157. The normalized spacial score (nSPS) is 25.2. The predicted octanol–water partition coefficient (Wildman–Crippen LogP) is 11.0. The van der Waals surface area contributed by atoms with Gasteiger partial charge in [-0.05, 0) is 74.4 Å². The van der Waals surface area contributed by atoms with Crippen LogP contribution in [0.2, 0.25) is 36.3 Å². The summed E-state index contributed by atoms with van der Waals surface area (Å²) in [6, 6.07) is 6.15. The Bertz CT molecular complexity index is 1390. The minimum atomic E-state index is -2.20. The van der Waals surface area contributed by atoms with Crippen molar-refractivity contribution in [2.24, 2.45) is 35.5 Å². The van der Waals surface area contributed by atoms with Crippen molar-refractivity contribution in [1.82, 2.24) is 0 Å². The molecule has 356 valence electrons. The number of esters is 1. The van der Waals surface area contributed by atoms with Gasteiger partial charge in [-0.2, -0.15) is 0 Å². The van der Waals surface area contributed by atoms with Crippen LogP contribution in [0.3, 0.4) is 0 Å². The third kappa shape index (κ3) is 15.5. The number of allylic oxidation sites excluding steroid dienone is 5. The molecule has 0 saturated carbocycles. The van der Waals surface area contributed by atoms with Crippen LogP contribution in [0.15, 0.2) is 47.3 Å². The Balaban J connectivity index is 3.52. The monoisotopic (exact) mass is 897 g/mol. The van der Waals surface area contributed by atoms with E-state index >= 15 is 0 Å². The maximum Gasteiger partial charge on any atom is 0.373 e. The highest BCUT2D eigenvalue weighted by atomic mass is 28.4. The standard InChI is InChI=1S/C49H92O10Si2/c1-20-60(21-2,22-3)58-43-32-49(56-19,57-46(33(7)8)38(43)13)40(15)47(59-61(23-4,24-5)25-6)39(14)45(51)41(53-16)28-26-27-34(9)29-36(11)44(50)37(12)30-35(10)31-42(54-17)48(52)55-18/h26-28,30-31,33,36-41,43-47,50-51H,20-25,29,32H2,1-19H3/b28-26+,34-27+,35-30+,42-31-/t36-,37+,38-,39+,40-,41-,43+,44-,45+,46+,47+,49+/m0/s1. The van der Waals surface area contributed by atoms with Gasteiger partial charge in [0.2, 0.25) is 5.76 Å². The third-order valence-corrected chi connectivity index (χ3v) is 23.7. The molecule has 1 heterocycles. The van der Waals surface area contributed by atoms with E-state index in [1.54, 1.807) is 20.3 Å². The molecule has 61 heavy (non-hydrogen) atoms. The van der Waals surface area contributed by atoms with Gasteiger partial charge in [0.05, 0.1) is 44.7 Å². The summed E-state index contributed by atoms with van der Waals surface area (Å²) < 4.78 is 44.5. The lowest BCUT2D eigenvalue weighted by molar-refractivity contribution is -0.336. The molecule has 10 nitrogen and oxygen atoms in total. The van der Waals surface area contributed by atoms with E-state index in [1.807, 2.05) is 52.0 Å². The SMILES string of the molecule is CC[Si](CC)(CC)O[C@H]([C@H](C)[C@@H](O)[C@H](/C=C/C=C(\C)C[C@H](C)[C@H](O)[C@H](C)/C=C(C)/C=C(\OC)C(=O)OC)OC)[C@H](C)[C@@]1(OC)C[C@@H](O[Si](CC)(CC)CC)[C@H](C)[C@@H](C(C)C)O1. The number of hydrogen-bond acceptors (Lipinski definition) is 10. The molecule has 0 aromatic carbocycles. The van der Waals surface area contributed by atoms with E-state index < -0.39 is 46.7 Å². The lowest BCUT2D eigenvalue weighted by Crippen LogP contribution is -2.62. The van der Waals surface area contributed by atoms with E-state index in [9.17, 15) is 15.0 Å². The summed E-state index contributed by atoms with van der Waals surface area (Å²) in [7, 11) is 1.98. The number of carbonyl (C=O) groups excluding carboxylic acids is 1. The lowest BCUT2D eigenvalue weighted by atomic mass is 9.76. The predicted molar refractivity (Wildman–Crippen MR) is 255 cm³/mol. The van der Waals surface area contributed by atoms with E-state index in [0.717, 1.165) is 47.4 Å². The van der Waals surface area contributed by atoms with Gasteiger partial charge in [-0.15, -0.1) is 0 Å². The number of ether oxygens (including phenoxy) is 5. The molecule has 1 rings (SSSR count). The van der Waals surface area contributed by atoms with Crippen molar-refractivity contribution in [1.29, 1.82) is 0 Å². The largest absolute Gasteiger partial charge is 0.490 e. The first-order valence-corrected chi connectivity index (χ1v) is 28.5. The Kier molecular flexibility index (Phi) is 25.4. The number of aliphatic hydroxyl groups excluding tert-OH is 2. The second kappa shape index (κ2) is 27.0. The molecule has 12 heteroatoms. The summed E-state index contributed by atoms with van der Waals surface area (Å²) in [5, 5.41) is 23.5.